The number of aryl methyl sites for hydroxylation is 1. The van der Waals surface area contributed by atoms with Crippen molar-refractivity contribution in [1.82, 2.24) is 15.0 Å². The van der Waals surface area contributed by atoms with Crippen LogP contribution in [-0.4, -0.2) is 27.9 Å². The molecule has 0 aliphatic heterocycles. The minimum atomic E-state index is -4.69. The summed E-state index contributed by atoms with van der Waals surface area (Å²) in [7, 11) is 0. The number of ether oxygens (including phenoxy) is 1. The van der Waals surface area contributed by atoms with E-state index >= 15 is 0 Å². The Balaban J connectivity index is 2.07. The van der Waals surface area contributed by atoms with Crippen LogP contribution in [0.2, 0.25) is 0 Å². The van der Waals surface area contributed by atoms with Crippen molar-refractivity contribution in [2.75, 3.05) is 6.61 Å². The minimum absolute atomic E-state index is 0.0197. The number of carbonyl (C=O) groups is 1. The molecule has 0 unspecified atom stereocenters. The zero-order valence-corrected chi connectivity index (χ0v) is 11.1. The molecule has 0 fully saturated rings. The van der Waals surface area contributed by atoms with Crippen molar-refractivity contribution in [2.24, 2.45) is 0 Å². The van der Waals surface area contributed by atoms with Gasteiger partial charge in [0.05, 0.1) is 6.54 Å². The third-order valence-electron chi connectivity index (χ3n) is 2.70. The summed E-state index contributed by atoms with van der Waals surface area (Å²) in [6.07, 6.45) is -4.66. The summed E-state index contributed by atoms with van der Waals surface area (Å²) in [6.45, 7) is 1.69. The summed E-state index contributed by atoms with van der Waals surface area (Å²) < 4.78 is 44.5. The van der Waals surface area contributed by atoms with E-state index in [1.165, 1.54) is 0 Å². The monoisotopic (exact) mass is 299 g/mol. The molecule has 21 heavy (non-hydrogen) atoms. The van der Waals surface area contributed by atoms with E-state index in [-0.39, 0.29) is 19.4 Å². The number of aromatic nitrogens is 3. The normalized spacial score (nSPS) is 11.4. The van der Waals surface area contributed by atoms with Crippen LogP contribution >= 0.6 is 0 Å². The minimum Gasteiger partial charge on any atom is -0.492 e. The molecular weight excluding hydrogens is 287 g/mol. The van der Waals surface area contributed by atoms with Gasteiger partial charge in [-0.1, -0.05) is 17.3 Å². The number of alkyl halides is 3. The molecule has 0 amide bonds. The van der Waals surface area contributed by atoms with Crippen LogP contribution in [0, 0.1) is 6.92 Å². The molecule has 2 aromatic rings. The molecule has 8 heteroatoms. The highest BCUT2D eigenvalue weighted by Crippen LogP contribution is 2.30. The molecule has 1 aromatic carbocycles. The van der Waals surface area contributed by atoms with Crippen molar-refractivity contribution < 1.29 is 22.7 Å². The lowest BCUT2D eigenvalue weighted by atomic mass is 10.2. The van der Waals surface area contributed by atoms with Crippen LogP contribution in [0.4, 0.5) is 13.2 Å². The van der Waals surface area contributed by atoms with Gasteiger partial charge in [0.15, 0.2) is 17.7 Å². The van der Waals surface area contributed by atoms with Crippen molar-refractivity contribution in [3.63, 3.8) is 0 Å². The van der Waals surface area contributed by atoms with Crippen LogP contribution in [0.15, 0.2) is 24.3 Å². The Hall–Kier alpha value is -2.38. The first-order valence-electron chi connectivity index (χ1n) is 6.07. The fourth-order valence-corrected chi connectivity index (χ4v) is 1.81. The summed E-state index contributed by atoms with van der Waals surface area (Å²) in [5.74, 6) is 0.555. The van der Waals surface area contributed by atoms with E-state index in [0.717, 1.165) is 5.56 Å². The summed E-state index contributed by atoms with van der Waals surface area (Å²) in [5, 5.41) is 6.55. The van der Waals surface area contributed by atoms with Crippen LogP contribution in [-0.2, 0) is 12.7 Å². The van der Waals surface area contributed by atoms with Crippen LogP contribution in [0.5, 0.6) is 5.75 Å². The highest BCUT2D eigenvalue weighted by molar-refractivity contribution is 5.73. The molecule has 0 radical (unpaired) electrons. The maximum Gasteiger partial charge on any atom is 0.435 e. The number of hydrogen-bond acceptors (Lipinski definition) is 4. The van der Waals surface area contributed by atoms with Gasteiger partial charge in [0.2, 0.25) is 0 Å². The lowest BCUT2D eigenvalue weighted by molar-refractivity contribution is -0.144. The molecule has 0 spiro atoms. The van der Waals surface area contributed by atoms with Crippen molar-refractivity contribution in [3.05, 3.63) is 41.2 Å². The maximum absolute atomic E-state index is 12.8. The summed E-state index contributed by atoms with van der Waals surface area (Å²) in [4.78, 5) is 10.6. The molecule has 112 valence electrons. The molecule has 1 aromatic heterocycles. The molecule has 1 heterocycles. The smallest absolute Gasteiger partial charge is 0.435 e. The molecule has 5 nitrogen and oxygen atoms in total. The van der Waals surface area contributed by atoms with Gasteiger partial charge in [0.1, 0.15) is 12.4 Å². The SMILES string of the molecule is Cc1cccc(OCCn2nnc(C=O)c2C(F)(F)F)c1. The number of benzene rings is 1. The molecule has 0 saturated carbocycles. The van der Waals surface area contributed by atoms with Gasteiger partial charge in [-0.25, -0.2) is 4.68 Å². The van der Waals surface area contributed by atoms with Crippen LogP contribution in [0.25, 0.3) is 0 Å². The Morgan fingerprint density at radius 2 is 2.14 bits per heavy atom. The van der Waals surface area contributed by atoms with E-state index in [9.17, 15) is 18.0 Å². The predicted octanol–water partition coefficient (Wildman–Crippen LogP) is 2.50. The molecular formula is C13H12F3N3O2. The number of nitrogens with zero attached hydrogens (tertiary/aromatic N) is 3. The van der Waals surface area contributed by atoms with E-state index in [1.54, 1.807) is 18.2 Å². The first-order valence-corrected chi connectivity index (χ1v) is 6.07. The maximum atomic E-state index is 12.8. The number of rotatable bonds is 5. The van der Waals surface area contributed by atoms with Gasteiger partial charge in [-0.3, -0.25) is 4.79 Å². The summed E-state index contributed by atoms with van der Waals surface area (Å²) in [6, 6.07) is 7.13. The first kappa shape index (κ1) is 15.0. The topological polar surface area (TPSA) is 57.0 Å². The van der Waals surface area contributed by atoms with Gasteiger partial charge in [-0.15, -0.1) is 5.10 Å². The third-order valence-corrected chi connectivity index (χ3v) is 2.70. The van der Waals surface area contributed by atoms with Gasteiger partial charge >= 0.3 is 6.18 Å². The Bertz CT molecular complexity index is 638. The molecule has 0 N–H and O–H groups in total. The molecule has 0 atom stereocenters. The zero-order chi connectivity index (χ0) is 15.5. The van der Waals surface area contributed by atoms with Crippen molar-refractivity contribution in [3.8, 4) is 5.75 Å². The molecule has 0 aliphatic carbocycles. The highest BCUT2D eigenvalue weighted by atomic mass is 19.4. The Morgan fingerprint density at radius 3 is 2.76 bits per heavy atom. The second kappa shape index (κ2) is 5.94. The lowest BCUT2D eigenvalue weighted by Gasteiger charge is -2.11. The second-order valence-electron chi connectivity index (χ2n) is 4.33. The molecule has 0 aliphatic rings. The van der Waals surface area contributed by atoms with Gasteiger partial charge in [-0.2, -0.15) is 13.2 Å². The van der Waals surface area contributed by atoms with Gasteiger partial charge in [0, 0.05) is 0 Å². The second-order valence-corrected chi connectivity index (χ2v) is 4.33. The van der Waals surface area contributed by atoms with Gasteiger partial charge in [-0.05, 0) is 24.6 Å². The number of aldehydes is 1. The highest BCUT2D eigenvalue weighted by Gasteiger charge is 2.39. The Labute approximate surface area is 118 Å². The Kier molecular flexibility index (Phi) is 4.25. The number of carbonyl (C=O) groups excluding carboxylic acids is 1. The fourth-order valence-electron chi connectivity index (χ4n) is 1.81. The first-order chi connectivity index (χ1) is 9.91. The predicted molar refractivity (Wildman–Crippen MR) is 67.1 cm³/mol. The van der Waals surface area contributed by atoms with E-state index in [4.69, 9.17) is 4.74 Å². The van der Waals surface area contributed by atoms with Crippen LogP contribution < -0.4 is 4.74 Å². The van der Waals surface area contributed by atoms with Crippen molar-refractivity contribution in [2.45, 2.75) is 19.6 Å². The number of halogens is 3. The largest absolute Gasteiger partial charge is 0.492 e. The average molecular weight is 299 g/mol. The van der Waals surface area contributed by atoms with E-state index in [2.05, 4.69) is 10.3 Å². The standard InChI is InChI=1S/C13H12F3N3O2/c1-9-3-2-4-10(7-9)21-6-5-19-12(13(14,15)16)11(8-20)17-18-19/h2-4,7-8H,5-6H2,1H3. The zero-order valence-electron chi connectivity index (χ0n) is 11.1. The summed E-state index contributed by atoms with van der Waals surface area (Å²) >= 11 is 0. The van der Waals surface area contributed by atoms with Gasteiger partial charge in [0.25, 0.3) is 0 Å². The number of hydrogen-bond donors (Lipinski definition) is 0. The fraction of sp³-hybridized carbons (Fsp3) is 0.308. The van der Waals surface area contributed by atoms with Crippen molar-refractivity contribution >= 4 is 6.29 Å². The third kappa shape index (κ3) is 3.59. The molecule has 0 bridgehead atoms. The molecule has 0 saturated heterocycles. The molecule has 2 rings (SSSR count). The average Bonchev–Trinajstić information content (AvgIpc) is 2.82. The Morgan fingerprint density at radius 1 is 1.38 bits per heavy atom. The van der Waals surface area contributed by atoms with Gasteiger partial charge < -0.3 is 4.74 Å². The van der Waals surface area contributed by atoms with E-state index < -0.39 is 17.6 Å². The van der Waals surface area contributed by atoms with Crippen molar-refractivity contribution in [1.29, 1.82) is 0 Å². The van der Waals surface area contributed by atoms with E-state index in [1.807, 2.05) is 13.0 Å². The van der Waals surface area contributed by atoms with Crippen LogP contribution in [0.3, 0.4) is 0 Å². The lowest BCUT2D eigenvalue weighted by Crippen LogP contribution is -2.19. The van der Waals surface area contributed by atoms with E-state index in [0.29, 0.717) is 10.4 Å². The van der Waals surface area contributed by atoms with Crippen LogP contribution in [0.1, 0.15) is 21.7 Å². The summed E-state index contributed by atoms with van der Waals surface area (Å²) in [5.41, 5.74) is -0.907. The quantitative estimate of drug-likeness (QED) is 0.796.